The van der Waals surface area contributed by atoms with Gasteiger partial charge < -0.3 is 9.84 Å². The van der Waals surface area contributed by atoms with Crippen LogP contribution in [0.3, 0.4) is 0 Å². The molecule has 1 aliphatic rings. The molecule has 20 heavy (non-hydrogen) atoms. The average Bonchev–Trinajstić information content (AvgIpc) is 2.37. The van der Waals surface area contributed by atoms with Gasteiger partial charge in [-0.2, -0.15) is 0 Å². The predicted molar refractivity (Wildman–Crippen MR) is 74.9 cm³/mol. The molecule has 1 aromatic carbocycles. The number of benzene rings is 1. The van der Waals surface area contributed by atoms with E-state index in [0.29, 0.717) is 12.0 Å². The number of ether oxygens (including phenoxy) is 1. The minimum absolute atomic E-state index is 0.0646. The van der Waals surface area contributed by atoms with Crippen LogP contribution in [0.5, 0.6) is 5.75 Å². The molecule has 0 saturated carbocycles. The van der Waals surface area contributed by atoms with Gasteiger partial charge in [0.05, 0.1) is 0 Å². The van der Waals surface area contributed by atoms with Gasteiger partial charge in [0.2, 0.25) is 0 Å². The number of Topliss-reactive ketones (excluding diaryl/α,β-unsaturated/α-hetero) is 2. The van der Waals surface area contributed by atoms with Crippen molar-refractivity contribution in [1.82, 2.24) is 0 Å². The molecule has 108 valence electrons. The van der Waals surface area contributed by atoms with E-state index in [2.05, 4.69) is 0 Å². The molecule has 2 rings (SSSR count). The lowest BCUT2D eigenvalue weighted by molar-refractivity contribution is -0.168. The van der Waals surface area contributed by atoms with Crippen LogP contribution in [0.15, 0.2) is 18.2 Å². The molecular weight excluding hydrogens is 256 g/mol. The molecule has 0 spiro atoms. The fourth-order valence-corrected chi connectivity index (χ4v) is 2.74. The van der Waals surface area contributed by atoms with Crippen LogP contribution in [-0.2, 0) is 20.7 Å². The number of ketones is 2. The highest BCUT2D eigenvalue weighted by atomic mass is 16.5. The Balaban J connectivity index is 2.56. The van der Waals surface area contributed by atoms with Crippen LogP contribution >= 0.6 is 0 Å². The third kappa shape index (κ3) is 2.36. The van der Waals surface area contributed by atoms with Crippen molar-refractivity contribution in [2.24, 2.45) is 0 Å². The van der Waals surface area contributed by atoms with E-state index in [1.165, 1.54) is 6.07 Å². The maximum atomic E-state index is 12.6. The summed E-state index contributed by atoms with van der Waals surface area (Å²) in [6, 6.07) is 4.86. The molecule has 0 aliphatic carbocycles. The molecule has 0 amide bonds. The van der Waals surface area contributed by atoms with Crippen molar-refractivity contribution >= 4 is 11.6 Å². The summed E-state index contributed by atoms with van der Waals surface area (Å²) in [5.41, 5.74) is 0.513. The third-order valence-corrected chi connectivity index (χ3v) is 3.83. The highest BCUT2D eigenvalue weighted by Crippen LogP contribution is 2.36. The van der Waals surface area contributed by atoms with Gasteiger partial charge in [-0.15, -0.1) is 0 Å². The summed E-state index contributed by atoms with van der Waals surface area (Å²) in [5.74, 6) is -1.28. The predicted octanol–water partition coefficient (Wildman–Crippen LogP) is 2.37. The lowest BCUT2D eigenvalue weighted by Crippen LogP contribution is -2.52. The van der Waals surface area contributed by atoms with Crippen LogP contribution < -0.4 is 0 Å². The number of aryl methyl sites for hydroxylation is 1. The molecule has 4 heteroatoms. The first kappa shape index (κ1) is 14.7. The molecule has 2 atom stereocenters. The van der Waals surface area contributed by atoms with Gasteiger partial charge in [0.15, 0.2) is 11.6 Å². The van der Waals surface area contributed by atoms with E-state index in [4.69, 9.17) is 4.74 Å². The quantitative estimate of drug-likeness (QED) is 0.842. The van der Waals surface area contributed by atoms with E-state index < -0.39 is 17.6 Å². The van der Waals surface area contributed by atoms with Crippen molar-refractivity contribution in [2.45, 2.75) is 51.7 Å². The molecule has 4 nitrogen and oxygen atoms in total. The van der Waals surface area contributed by atoms with Gasteiger partial charge in [-0.1, -0.05) is 13.0 Å². The molecule has 2 unspecified atom stereocenters. The van der Waals surface area contributed by atoms with Crippen molar-refractivity contribution in [2.75, 3.05) is 0 Å². The fourth-order valence-electron chi connectivity index (χ4n) is 2.74. The zero-order valence-corrected chi connectivity index (χ0v) is 12.3. The Kier molecular flexibility index (Phi) is 3.69. The number of carbonyl (C=O) groups excluding carboxylic acids is 2. The summed E-state index contributed by atoms with van der Waals surface area (Å²) in [6.45, 7) is 6.98. The first-order valence-corrected chi connectivity index (χ1v) is 6.85. The third-order valence-electron chi connectivity index (χ3n) is 3.83. The molecule has 1 aromatic rings. The smallest absolute Gasteiger partial charge is 0.179 e. The minimum atomic E-state index is -0.992. The zero-order valence-electron chi connectivity index (χ0n) is 12.3. The fraction of sp³-hybridized carbons (Fsp3) is 0.500. The summed E-state index contributed by atoms with van der Waals surface area (Å²) < 4.78 is 5.49. The normalized spacial score (nSPS) is 25.8. The Labute approximate surface area is 118 Å². The first-order chi connectivity index (χ1) is 9.27. The van der Waals surface area contributed by atoms with E-state index >= 15 is 0 Å². The maximum Gasteiger partial charge on any atom is 0.179 e. The molecule has 0 aromatic heterocycles. The molecule has 0 radical (unpaired) electrons. The number of phenols is 1. The second-order valence-electron chi connectivity index (χ2n) is 5.71. The van der Waals surface area contributed by atoms with Gasteiger partial charge in [-0.25, -0.2) is 0 Å². The molecule has 1 aliphatic heterocycles. The zero-order chi connectivity index (χ0) is 15.1. The van der Waals surface area contributed by atoms with Gasteiger partial charge in [-0.05, 0) is 50.5 Å². The van der Waals surface area contributed by atoms with Crippen molar-refractivity contribution in [3.8, 4) is 5.75 Å². The Morgan fingerprint density at radius 3 is 2.55 bits per heavy atom. The number of hydrogen-bond donors (Lipinski definition) is 1. The number of phenolic OH excluding ortho intramolecular Hbond substituents is 1. The van der Waals surface area contributed by atoms with Crippen LogP contribution in [0, 0.1) is 0 Å². The Hall–Kier alpha value is -1.68. The van der Waals surface area contributed by atoms with Crippen molar-refractivity contribution < 1.29 is 19.4 Å². The van der Waals surface area contributed by atoms with Gasteiger partial charge in [0.25, 0.3) is 0 Å². The van der Waals surface area contributed by atoms with Crippen molar-refractivity contribution in [3.63, 3.8) is 0 Å². The SMILES string of the molecule is CCc1ccc(O)cc1C1C(=O)C(C)OC(C)(C)C1=O. The van der Waals surface area contributed by atoms with E-state index in [1.807, 2.05) is 6.92 Å². The standard InChI is InChI=1S/C16H20O4/c1-5-10-6-7-11(17)8-12(10)13-14(18)9(2)20-16(3,4)15(13)19/h6-9,13,17H,5H2,1-4H3. The molecule has 1 fully saturated rings. The Morgan fingerprint density at radius 1 is 1.30 bits per heavy atom. The average molecular weight is 276 g/mol. The largest absolute Gasteiger partial charge is 0.508 e. The van der Waals surface area contributed by atoms with E-state index in [0.717, 1.165) is 5.56 Å². The van der Waals surface area contributed by atoms with Gasteiger partial charge >= 0.3 is 0 Å². The van der Waals surface area contributed by atoms with Crippen LogP contribution in [0.25, 0.3) is 0 Å². The van der Waals surface area contributed by atoms with Crippen molar-refractivity contribution in [3.05, 3.63) is 29.3 Å². The lowest BCUT2D eigenvalue weighted by atomic mass is 9.77. The number of hydrogen-bond acceptors (Lipinski definition) is 4. The second-order valence-corrected chi connectivity index (χ2v) is 5.71. The summed E-state index contributed by atoms with van der Waals surface area (Å²) >= 11 is 0. The first-order valence-electron chi connectivity index (χ1n) is 6.85. The van der Waals surface area contributed by atoms with Gasteiger partial charge in [0, 0.05) is 0 Å². The van der Waals surface area contributed by atoms with Gasteiger partial charge in [0.1, 0.15) is 23.4 Å². The summed E-state index contributed by atoms with van der Waals surface area (Å²) in [7, 11) is 0. The Morgan fingerprint density at radius 2 is 1.95 bits per heavy atom. The minimum Gasteiger partial charge on any atom is -0.508 e. The number of rotatable bonds is 2. The van der Waals surface area contributed by atoms with Crippen LogP contribution in [0.1, 0.15) is 44.7 Å². The Bertz CT molecular complexity index is 560. The molecule has 0 bridgehead atoms. The molecular formula is C16H20O4. The summed E-state index contributed by atoms with van der Waals surface area (Å²) in [5, 5.41) is 9.68. The van der Waals surface area contributed by atoms with E-state index in [-0.39, 0.29) is 17.3 Å². The summed E-state index contributed by atoms with van der Waals surface area (Å²) in [4.78, 5) is 24.9. The van der Waals surface area contributed by atoms with Crippen LogP contribution in [0.2, 0.25) is 0 Å². The highest BCUT2D eigenvalue weighted by Gasteiger charge is 2.48. The monoisotopic (exact) mass is 276 g/mol. The lowest BCUT2D eigenvalue weighted by Gasteiger charge is -2.37. The number of carbonyl (C=O) groups is 2. The van der Waals surface area contributed by atoms with Crippen molar-refractivity contribution in [1.29, 1.82) is 0 Å². The van der Waals surface area contributed by atoms with Crippen LogP contribution in [0.4, 0.5) is 0 Å². The van der Waals surface area contributed by atoms with Crippen LogP contribution in [-0.4, -0.2) is 28.4 Å². The molecule has 1 saturated heterocycles. The highest BCUT2D eigenvalue weighted by molar-refractivity contribution is 6.14. The van der Waals surface area contributed by atoms with E-state index in [9.17, 15) is 14.7 Å². The van der Waals surface area contributed by atoms with E-state index in [1.54, 1.807) is 32.9 Å². The topological polar surface area (TPSA) is 63.6 Å². The van der Waals surface area contributed by atoms with Gasteiger partial charge in [-0.3, -0.25) is 9.59 Å². The molecule has 1 heterocycles. The summed E-state index contributed by atoms with van der Waals surface area (Å²) in [6.07, 6.45) is 0.0715. The maximum absolute atomic E-state index is 12.6. The molecule has 1 N–H and O–H groups in total. The number of aromatic hydroxyl groups is 1. The second kappa shape index (κ2) is 5.02.